The zero-order valence-electron chi connectivity index (χ0n) is 14.4. The minimum Gasteiger partial charge on any atom is -0.497 e. The van der Waals surface area contributed by atoms with Gasteiger partial charge in [0.25, 0.3) is 0 Å². The van der Waals surface area contributed by atoms with Crippen LogP contribution in [0.1, 0.15) is 18.9 Å². The molecule has 2 aliphatic rings. The van der Waals surface area contributed by atoms with Crippen LogP contribution < -0.4 is 14.4 Å². The van der Waals surface area contributed by atoms with E-state index in [9.17, 15) is 0 Å². The second kappa shape index (κ2) is 5.91. The minimum atomic E-state index is -0.0820. The van der Waals surface area contributed by atoms with E-state index in [4.69, 9.17) is 18.9 Å². The Bertz CT molecular complexity index is 680. The van der Waals surface area contributed by atoms with Gasteiger partial charge in [-0.2, -0.15) is 0 Å². The maximum absolute atomic E-state index is 6.22. The average molecular weight is 318 g/mol. The van der Waals surface area contributed by atoms with Crippen LogP contribution in [0.2, 0.25) is 0 Å². The summed E-state index contributed by atoms with van der Waals surface area (Å²) in [6.07, 6.45) is 0.748. The van der Waals surface area contributed by atoms with E-state index in [1.165, 1.54) is 5.57 Å². The Morgan fingerprint density at radius 3 is 2.52 bits per heavy atom. The van der Waals surface area contributed by atoms with Crippen molar-refractivity contribution in [2.24, 2.45) is 0 Å². The highest BCUT2D eigenvalue weighted by Gasteiger charge is 2.46. The number of hydrogen-bond acceptors (Lipinski definition) is 4. The Morgan fingerprint density at radius 2 is 1.96 bits per heavy atom. The van der Waals surface area contributed by atoms with Gasteiger partial charge in [0, 0.05) is 12.5 Å². The number of likely N-dealkylation sites (N-methyl/N-ethyl adjacent to an activating group) is 1. The molecule has 2 aliphatic heterocycles. The van der Waals surface area contributed by atoms with Gasteiger partial charge in [-0.15, -0.1) is 0 Å². The van der Waals surface area contributed by atoms with Gasteiger partial charge in [-0.25, -0.2) is 0 Å². The standard InChI is InChI=1S/C18H23NO4/c1-10(2)14-9-13-17(22-6)12-7-11(20-4)8-15(21-5)16(12)19(3)18(13)23-14/h7-8,14,18H,1,9H2,2-6H3/p+1/t14-,18?/m0/s1. The molecule has 2 heterocycles. The van der Waals surface area contributed by atoms with Crippen molar-refractivity contribution < 1.29 is 23.8 Å². The van der Waals surface area contributed by atoms with Crippen LogP contribution in [0.4, 0.5) is 5.69 Å². The topological polar surface area (TPSA) is 41.4 Å². The maximum Gasteiger partial charge on any atom is 0.223 e. The van der Waals surface area contributed by atoms with E-state index < -0.39 is 0 Å². The lowest BCUT2D eigenvalue weighted by molar-refractivity contribution is -0.859. The number of methoxy groups -OCH3 is 3. The number of fused-ring (bicyclic) bond motifs is 2. The lowest BCUT2D eigenvalue weighted by atomic mass is 9.95. The number of benzene rings is 1. The molecule has 5 heteroatoms. The number of quaternary nitrogens is 1. The van der Waals surface area contributed by atoms with Crippen molar-refractivity contribution in [3.8, 4) is 11.5 Å². The Labute approximate surface area is 137 Å². The third-order valence-corrected chi connectivity index (χ3v) is 4.63. The van der Waals surface area contributed by atoms with E-state index in [1.54, 1.807) is 21.3 Å². The quantitative estimate of drug-likeness (QED) is 0.861. The van der Waals surface area contributed by atoms with Crippen molar-refractivity contribution in [1.29, 1.82) is 0 Å². The fraction of sp³-hybridized carbons (Fsp3) is 0.444. The highest BCUT2D eigenvalue weighted by Crippen LogP contribution is 2.43. The number of hydrogen-bond donors (Lipinski definition) is 1. The zero-order valence-corrected chi connectivity index (χ0v) is 14.4. The van der Waals surface area contributed by atoms with Crippen LogP contribution in [0, 0.1) is 0 Å². The molecule has 124 valence electrons. The summed E-state index contributed by atoms with van der Waals surface area (Å²) in [6.45, 7) is 6.04. The Morgan fingerprint density at radius 1 is 1.22 bits per heavy atom. The van der Waals surface area contributed by atoms with E-state index in [2.05, 4.69) is 13.6 Å². The van der Waals surface area contributed by atoms with Crippen LogP contribution in [0.5, 0.6) is 11.5 Å². The Hall–Kier alpha value is -1.98. The molecule has 1 N–H and O–H groups in total. The lowest BCUT2D eigenvalue weighted by Gasteiger charge is -2.30. The third-order valence-electron chi connectivity index (χ3n) is 4.63. The molecule has 0 amide bonds. The van der Waals surface area contributed by atoms with Gasteiger partial charge in [-0.1, -0.05) is 12.2 Å². The average Bonchev–Trinajstić information content (AvgIpc) is 2.99. The third kappa shape index (κ3) is 2.40. The van der Waals surface area contributed by atoms with Crippen LogP contribution >= 0.6 is 0 Å². The van der Waals surface area contributed by atoms with Crippen LogP contribution in [-0.4, -0.2) is 40.7 Å². The van der Waals surface area contributed by atoms with E-state index in [0.717, 1.165) is 45.4 Å². The monoisotopic (exact) mass is 318 g/mol. The van der Waals surface area contributed by atoms with Gasteiger partial charge in [0.2, 0.25) is 6.23 Å². The molecular weight excluding hydrogens is 294 g/mol. The molecular formula is C18H24NO4+. The molecule has 5 nitrogen and oxygen atoms in total. The minimum absolute atomic E-state index is 0.0253. The largest absolute Gasteiger partial charge is 0.497 e. The first-order valence-electron chi connectivity index (χ1n) is 7.69. The molecule has 1 fully saturated rings. The molecule has 0 spiro atoms. The molecule has 0 saturated carbocycles. The highest BCUT2D eigenvalue weighted by molar-refractivity contribution is 5.78. The van der Waals surface area contributed by atoms with Gasteiger partial charge in [-0.3, -0.25) is 4.90 Å². The van der Waals surface area contributed by atoms with Crippen LogP contribution in [0.25, 0.3) is 5.76 Å². The van der Waals surface area contributed by atoms with Gasteiger partial charge in [0.05, 0.1) is 45.6 Å². The Balaban J connectivity index is 2.19. The van der Waals surface area contributed by atoms with Gasteiger partial charge < -0.3 is 18.9 Å². The van der Waals surface area contributed by atoms with E-state index in [-0.39, 0.29) is 12.3 Å². The van der Waals surface area contributed by atoms with Crippen molar-refractivity contribution in [2.75, 3.05) is 28.4 Å². The van der Waals surface area contributed by atoms with Crippen molar-refractivity contribution >= 4 is 11.4 Å². The van der Waals surface area contributed by atoms with Gasteiger partial charge >= 0.3 is 0 Å². The molecule has 1 saturated heterocycles. The summed E-state index contributed by atoms with van der Waals surface area (Å²) in [5, 5.41) is 0. The highest BCUT2D eigenvalue weighted by atomic mass is 16.5. The molecule has 0 aromatic heterocycles. The molecule has 23 heavy (non-hydrogen) atoms. The number of rotatable bonds is 4. The molecule has 1 aromatic rings. The summed E-state index contributed by atoms with van der Waals surface area (Å²) in [5.74, 6) is 2.38. The predicted molar refractivity (Wildman–Crippen MR) is 88.1 cm³/mol. The van der Waals surface area contributed by atoms with Gasteiger partial charge in [0.1, 0.15) is 11.5 Å². The maximum atomic E-state index is 6.22. The first-order chi connectivity index (χ1) is 11.0. The molecule has 3 rings (SSSR count). The zero-order chi connectivity index (χ0) is 16.7. The van der Waals surface area contributed by atoms with Gasteiger partial charge in [0.15, 0.2) is 11.4 Å². The summed E-state index contributed by atoms with van der Waals surface area (Å²) in [5.41, 5.74) is 4.23. The summed E-state index contributed by atoms with van der Waals surface area (Å²) in [4.78, 5) is 1.14. The first-order valence-corrected chi connectivity index (χ1v) is 7.69. The second-order valence-electron chi connectivity index (χ2n) is 6.05. The predicted octanol–water partition coefficient (Wildman–Crippen LogP) is 1.91. The van der Waals surface area contributed by atoms with E-state index in [1.807, 2.05) is 19.1 Å². The molecule has 2 unspecified atom stereocenters. The molecule has 1 aromatic carbocycles. The number of ether oxygens (including phenoxy) is 4. The molecule has 0 bridgehead atoms. The summed E-state index contributed by atoms with van der Waals surface area (Å²) >= 11 is 0. The Kier molecular flexibility index (Phi) is 4.08. The van der Waals surface area contributed by atoms with Crippen LogP contribution in [0.15, 0.2) is 29.9 Å². The smallest absolute Gasteiger partial charge is 0.223 e. The fourth-order valence-corrected chi connectivity index (χ4v) is 3.47. The normalized spacial score (nSPS) is 25.7. The molecule has 3 atom stereocenters. The lowest BCUT2D eigenvalue weighted by Crippen LogP contribution is -3.09. The summed E-state index contributed by atoms with van der Waals surface area (Å²) in [7, 11) is 7.11. The van der Waals surface area contributed by atoms with Crippen LogP contribution in [-0.2, 0) is 9.47 Å². The SMILES string of the molecule is C=C(C)[C@@H]1CC2=C(OC)c3cc(OC)cc(OC)c3[NH+](C)C2O1. The van der Waals surface area contributed by atoms with Crippen molar-refractivity contribution in [3.63, 3.8) is 0 Å². The fourth-order valence-electron chi connectivity index (χ4n) is 3.47. The number of nitrogens with one attached hydrogen (secondary N) is 1. The van der Waals surface area contributed by atoms with E-state index in [0.29, 0.717) is 0 Å². The van der Waals surface area contributed by atoms with Crippen LogP contribution in [0.3, 0.4) is 0 Å². The van der Waals surface area contributed by atoms with Crippen molar-refractivity contribution in [1.82, 2.24) is 0 Å². The van der Waals surface area contributed by atoms with Crippen molar-refractivity contribution in [3.05, 3.63) is 35.4 Å². The molecule has 0 aliphatic carbocycles. The summed E-state index contributed by atoms with van der Waals surface area (Å²) in [6, 6.07) is 3.89. The summed E-state index contributed by atoms with van der Waals surface area (Å²) < 4.78 is 23.0. The molecule has 0 radical (unpaired) electrons. The second-order valence-corrected chi connectivity index (χ2v) is 6.05. The van der Waals surface area contributed by atoms with Gasteiger partial charge in [-0.05, 0) is 13.0 Å². The van der Waals surface area contributed by atoms with E-state index >= 15 is 0 Å². The van der Waals surface area contributed by atoms with Crippen molar-refractivity contribution in [2.45, 2.75) is 25.7 Å². The first kappa shape index (κ1) is 15.9.